The molecule has 0 radical (unpaired) electrons. The molecule has 0 bridgehead atoms. The smallest absolute Gasteiger partial charge is 0.241 e. The number of hydrogen-bond acceptors (Lipinski definition) is 7. The van der Waals surface area contributed by atoms with Crippen molar-refractivity contribution in [2.75, 3.05) is 5.73 Å². The van der Waals surface area contributed by atoms with Crippen LogP contribution in [0.2, 0.25) is 0 Å². The fourth-order valence-corrected chi connectivity index (χ4v) is 1.98. The molecule has 0 amide bonds. The van der Waals surface area contributed by atoms with Crippen LogP contribution in [0.25, 0.3) is 0 Å². The maximum absolute atomic E-state index is 5.97. The second-order valence-electron chi connectivity index (χ2n) is 3.83. The fraction of sp³-hybridized carbons (Fsp3) is 0.400. The summed E-state index contributed by atoms with van der Waals surface area (Å²) in [5, 5.41) is 5.30. The van der Waals surface area contributed by atoms with Crippen LogP contribution in [-0.2, 0) is 7.05 Å². The standard InChI is InChI=1S/C10H14N6OS/c1-6(2)17-8-7(11)9(13-4-12-8)18-10-14-5-15-16(10)3/h4-6H,11H2,1-3H3. The zero-order chi connectivity index (χ0) is 13.1. The lowest BCUT2D eigenvalue weighted by molar-refractivity contribution is 0.233. The molecule has 0 unspecified atom stereocenters. The van der Waals surface area contributed by atoms with Crippen molar-refractivity contribution < 1.29 is 4.74 Å². The Morgan fingerprint density at radius 3 is 2.67 bits per heavy atom. The Kier molecular flexibility index (Phi) is 3.66. The molecule has 96 valence electrons. The number of aromatic nitrogens is 5. The first-order valence-corrected chi connectivity index (χ1v) is 6.18. The monoisotopic (exact) mass is 266 g/mol. The molecule has 0 aliphatic carbocycles. The number of rotatable bonds is 4. The second kappa shape index (κ2) is 5.21. The Morgan fingerprint density at radius 2 is 2.06 bits per heavy atom. The Balaban J connectivity index is 2.26. The van der Waals surface area contributed by atoms with Gasteiger partial charge in [0, 0.05) is 7.05 Å². The van der Waals surface area contributed by atoms with Gasteiger partial charge in [-0.05, 0) is 25.6 Å². The number of nitrogens with zero attached hydrogens (tertiary/aromatic N) is 5. The first-order valence-electron chi connectivity index (χ1n) is 5.37. The maximum Gasteiger partial charge on any atom is 0.241 e. The van der Waals surface area contributed by atoms with Crippen LogP contribution in [0.1, 0.15) is 13.8 Å². The molecule has 8 heteroatoms. The molecule has 0 spiro atoms. The highest BCUT2D eigenvalue weighted by molar-refractivity contribution is 7.99. The minimum atomic E-state index is 0.00915. The largest absolute Gasteiger partial charge is 0.473 e. The van der Waals surface area contributed by atoms with E-state index < -0.39 is 0 Å². The van der Waals surface area contributed by atoms with Gasteiger partial charge in [-0.15, -0.1) is 0 Å². The summed E-state index contributed by atoms with van der Waals surface area (Å²) in [5.41, 5.74) is 6.39. The highest BCUT2D eigenvalue weighted by atomic mass is 32.2. The third-order valence-corrected chi connectivity index (χ3v) is 3.09. The van der Waals surface area contributed by atoms with Crippen molar-refractivity contribution in [1.82, 2.24) is 24.7 Å². The zero-order valence-electron chi connectivity index (χ0n) is 10.4. The van der Waals surface area contributed by atoms with Gasteiger partial charge in [0.1, 0.15) is 23.4 Å². The van der Waals surface area contributed by atoms with Crippen molar-refractivity contribution in [1.29, 1.82) is 0 Å². The predicted molar refractivity (Wildman–Crippen MR) is 67.3 cm³/mol. The summed E-state index contributed by atoms with van der Waals surface area (Å²) in [7, 11) is 1.80. The molecule has 0 saturated carbocycles. The first kappa shape index (κ1) is 12.6. The predicted octanol–water partition coefficient (Wildman–Crippen LogP) is 1.13. The molecule has 2 aromatic heterocycles. The first-order chi connectivity index (χ1) is 8.58. The highest BCUT2D eigenvalue weighted by Crippen LogP contribution is 2.32. The average molecular weight is 266 g/mol. The molecule has 2 rings (SSSR count). The van der Waals surface area contributed by atoms with E-state index >= 15 is 0 Å². The van der Waals surface area contributed by atoms with Crippen molar-refractivity contribution in [2.24, 2.45) is 7.05 Å². The highest BCUT2D eigenvalue weighted by Gasteiger charge is 2.14. The molecule has 2 aromatic rings. The van der Waals surface area contributed by atoms with Crippen molar-refractivity contribution in [3.63, 3.8) is 0 Å². The van der Waals surface area contributed by atoms with Gasteiger partial charge in [0.2, 0.25) is 5.88 Å². The topological polar surface area (TPSA) is 91.7 Å². The van der Waals surface area contributed by atoms with E-state index in [0.717, 1.165) is 0 Å². The van der Waals surface area contributed by atoms with Crippen LogP contribution in [0, 0.1) is 0 Å². The van der Waals surface area contributed by atoms with Crippen LogP contribution in [0.15, 0.2) is 22.8 Å². The maximum atomic E-state index is 5.97. The molecule has 0 fully saturated rings. The summed E-state index contributed by atoms with van der Waals surface area (Å²) in [5.74, 6) is 0.393. The van der Waals surface area contributed by atoms with E-state index in [2.05, 4.69) is 20.1 Å². The third-order valence-electron chi connectivity index (χ3n) is 2.02. The van der Waals surface area contributed by atoms with E-state index in [1.165, 1.54) is 24.4 Å². The number of ether oxygens (including phenoxy) is 1. The quantitative estimate of drug-likeness (QED) is 0.829. The minimum Gasteiger partial charge on any atom is -0.473 e. The van der Waals surface area contributed by atoms with Gasteiger partial charge in [0.25, 0.3) is 0 Å². The van der Waals surface area contributed by atoms with E-state index in [1.807, 2.05) is 13.8 Å². The van der Waals surface area contributed by atoms with Crippen molar-refractivity contribution in [2.45, 2.75) is 30.1 Å². The summed E-state index contributed by atoms with van der Waals surface area (Å²) >= 11 is 1.32. The molecule has 0 aliphatic heterocycles. The van der Waals surface area contributed by atoms with E-state index in [4.69, 9.17) is 10.5 Å². The van der Waals surface area contributed by atoms with Gasteiger partial charge < -0.3 is 10.5 Å². The number of hydrogen-bond donors (Lipinski definition) is 1. The number of nitrogens with two attached hydrogens (primary N) is 1. The molecule has 0 aromatic carbocycles. The van der Waals surface area contributed by atoms with Crippen LogP contribution in [-0.4, -0.2) is 30.8 Å². The van der Waals surface area contributed by atoms with Crippen molar-refractivity contribution in [3.8, 4) is 5.88 Å². The van der Waals surface area contributed by atoms with Crippen molar-refractivity contribution in [3.05, 3.63) is 12.7 Å². The summed E-state index contributed by atoms with van der Waals surface area (Å²) in [6, 6.07) is 0. The molecule has 0 aliphatic rings. The Morgan fingerprint density at radius 1 is 1.28 bits per heavy atom. The molecule has 18 heavy (non-hydrogen) atoms. The Hall–Kier alpha value is -1.83. The normalized spacial score (nSPS) is 10.9. The molecular weight excluding hydrogens is 252 g/mol. The summed E-state index contributed by atoms with van der Waals surface area (Å²) in [6.07, 6.45) is 2.91. The fourth-order valence-electron chi connectivity index (χ4n) is 1.23. The van der Waals surface area contributed by atoms with Crippen molar-refractivity contribution >= 4 is 17.4 Å². The Labute approximate surface area is 109 Å². The summed E-state index contributed by atoms with van der Waals surface area (Å²) in [4.78, 5) is 12.2. The lowest BCUT2D eigenvalue weighted by Gasteiger charge is -2.11. The molecule has 7 nitrogen and oxygen atoms in total. The van der Waals surface area contributed by atoms with Gasteiger partial charge in [0.05, 0.1) is 6.10 Å². The average Bonchev–Trinajstić information content (AvgIpc) is 2.70. The van der Waals surface area contributed by atoms with Crippen LogP contribution in [0.3, 0.4) is 0 Å². The molecule has 0 atom stereocenters. The molecular formula is C10H14N6OS. The van der Waals surface area contributed by atoms with E-state index in [1.54, 1.807) is 11.7 Å². The van der Waals surface area contributed by atoms with Gasteiger partial charge in [-0.2, -0.15) is 10.1 Å². The van der Waals surface area contributed by atoms with Gasteiger partial charge in [-0.1, -0.05) is 0 Å². The third kappa shape index (κ3) is 2.70. The van der Waals surface area contributed by atoms with Crippen LogP contribution in [0.4, 0.5) is 5.69 Å². The minimum absolute atomic E-state index is 0.00915. The van der Waals surface area contributed by atoms with Crippen LogP contribution in [0.5, 0.6) is 5.88 Å². The lowest BCUT2D eigenvalue weighted by Crippen LogP contribution is -2.10. The van der Waals surface area contributed by atoms with Gasteiger partial charge in [-0.3, -0.25) is 0 Å². The zero-order valence-corrected chi connectivity index (χ0v) is 11.2. The molecule has 2 heterocycles. The number of aryl methyl sites for hydroxylation is 1. The lowest BCUT2D eigenvalue weighted by atomic mass is 10.4. The Bertz CT molecular complexity index is 541. The number of anilines is 1. The second-order valence-corrected chi connectivity index (χ2v) is 4.79. The summed E-state index contributed by atoms with van der Waals surface area (Å²) in [6.45, 7) is 3.83. The SMILES string of the molecule is CC(C)Oc1ncnc(Sc2ncnn2C)c1N. The van der Waals surface area contributed by atoms with E-state index in [0.29, 0.717) is 21.7 Å². The van der Waals surface area contributed by atoms with Gasteiger partial charge in [0.15, 0.2) is 5.16 Å². The molecule has 2 N–H and O–H groups in total. The van der Waals surface area contributed by atoms with Crippen LogP contribution >= 0.6 is 11.8 Å². The molecule has 0 saturated heterocycles. The van der Waals surface area contributed by atoms with Gasteiger partial charge >= 0.3 is 0 Å². The number of nitrogen functional groups attached to an aromatic ring is 1. The van der Waals surface area contributed by atoms with E-state index in [-0.39, 0.29) is 6.10 Å². The summed E-state index contributed by atoms with van der Waals surface area (Å²) < 4.78 is 7.15. The van der Waals surface area contributed by atoms with Crippen LogP contribution < -0.4 is 10.5 Å². The van der Waals surface area contributed by atoms with E-state index in [9.17, 15) is 0 Å². The van der Waals surface area contributed by atoms with Gasteiger partial charge in [-0.25, -0.2) is 14.6 Å².